The highest BCUT2D eigenvalue weighted by Crippen LogP contribution is 2.38. The number of benzene rings is 1. The maximum Gasteiger partial charge on any atom is 0.310 e. The van der Waals surface area contributed by atoms with Gasteiger partial charge in [0.2, 0.25) is 11.7 Å². The first kappa shape index (κ1) is 22.9. The third-order valence-electron chi connectivity index (χ3n) is 3.76. The van der Waals surface area contributed by atoms with Crippen LogP contribution in [0.15, 0.2) is 17.5 Å². The number of ether oxygens (including phenoxy) is 4. The Morgan fingerprint density at radius 3 is 2.13 bits per heavy atom. The van der Waals surface area contributed by atoms with Crippen LogP contribution in [-0.2, 0) is 32.0 Å². The summed E-state index contributed by atoms with van der Waals surface area (Å²) < 4.78 is 20.6. The molecule has 2 N–H and O–H groups in total. The van der Waals surface area contributed by atoms with E-state index in [1.54, 1.807) is 12.1 Å². The van der Waals surface area contributed by atoms with Gasteiger partial charge in [0.25, 0.3) is 5.91 Å². The van der Waals surface area contributed by atoms with Gasteiger partial charge in [-0.25, -0.2) is 4.98 Å². The van der Waals surface area contributed by atoms with E-state index < -0.39 is 24.4 Å². The van der Waals surface area contributed by atoms with Crippen LogP contribution < -0.4 is 25.1 Å². The van der Waals surface area contributed by atoms with E-state index in [0.29, 0.717) is 27.8 Å². The molecule has 1 heterocycles. The summed E-state index contributed by atoms with van der Waals surface area (Å²) >= 11 is 1.35. The van der Waals surface area contributed by atoms with Crippen molar-refractivity contribution in [2.75, 3.05) is 27.9 Å². The summed E-state index contributed by atoms with van der Waals surface area (Å²) in [6.45, 7) is 1.28. The lowest BCUT2D eigenvalue weighted by Gasteiger charge is -2.14. The normalized spacial score (nSPS) is 10.1. The fraction of sp³-hybridized carbons (Fsp3) is 0.368. The van der Waals surface area contributed by atoms with Crippen molar-refractivity contribution < 1.29 is 33.3 Å². The van der Waals surface area contributed by atoms with Crippen LogP contribution in [0, 0.1) is 6.92 Å². The van der Waals surface area contributed by atoms with Crippen molar-refractivity contribution in [3.8, 4) is 17.2 Å². The Kier molecular flexibility index (Phi) is 8.41. The highest BCUT2D eigenvalue weighted by Gasteiger charge is 2.16. The Hall–Kier alpha value is -3.34. The minimum Gasteiger partial charge on any atom is -0.493 e. The van der Waals surface area contributed by atoms with Crippen LogP contribution in [0.4, 0.5) is 0 Å². The van der Waals surface area contributed by atoms with Crippen molar-refractivity contribution in [1.29, 1.82) is 0 Å². The molecule has 2 amide bonds. The van der Waals surface area contributed by atoms with Crippen molar-refractivity contribution in [3.05, 3.63) is 33.8 Å². The van der Waals surface area contributed by atoms with E-state index in [2.05, 4.69) is 15.8 Å². The van der Waals surface area contributed by atoms with Gasteiger partial charge in [0, 0.05) is 11.1 Å². The molecule has 0 aliphatic rings. The maximum absolute atomic E-state index is 12.0. The largest absolute Gasteiger partial charge is 0.493 e. The van der Waals surface area contributed by atoms with E-state index in [4.69, 9.17) is 18.9 Å². The molecule has 1 aromatic heterocycles. The molecule has 0 atom stereocenters. The number of hydrogen-bond donors (Lipinski definition) is 2. The lowest BCUT2D eigenvalue weighted by atomic mass is 10.1. The number of amides is 2. The molecule has 0 bridgehead atoms. The van der Waals surface area contributed by atoms with Crippen LogP contribution in [0.2, 0.25) is 0 Å². The molecule has 11 heteroatoms. The number of aryl methyl sites for hydroxylation is 1. The molecule has 30 heavy (non-hydrogen) atoms. The van der Waals surface area contributed by atoms with Crippen LogP contribution in [0.25, 0.3) is 0 Å². The molecule has 0 aliphatic heterocycles. The smallest absolute Gasteiger partial charge is 0.310 e. The minimum atomic E-state index is -0.670. The first-order valence-electron chi connectivity index (χ1n) is 8.79. The van der Waals surface area contributed by atoms with Gasteiger partial charge >= 0.3 is 5.97 Å². The monoisotopic (exact) mass is 437 g/mol. The topological polar surface area (TPSA) is 125 Å². The summed E-state index contributed by atoms with van der Waals surface area (Å²) in [7, 11) is 4.41. The number of nitrogens with zero attached hydrogens (tertiary/aromatic N) is 1. The van der Waals surface area contributed by atoms with Crippen molar-refractivity contribution in [2.24, 2.45) is 0 Å². The van der Waals surface area contributed by atoms with Crippen molar-refractivity contribution in [3.63, 3.8) is 0 Å². The lowest BCUT2D eigenvalue weighted by Crippen LogP contribution is -2.44. The molecule has 10 nitrogen and oxygen atoms in total. The molecule has 0 saturated carbocycles. The predicted octanol–water partition coefficient (Wildman–Crippen LogP) is 0.953. The van der Waals surface area contributed by atoms with Crippen LogP contribution in [0.3, 0.4) is 0 Å². The average Bonchev–Trinajstić information content (AvgIpc) is 3.14. The van der Waals surface area contributed by atoms with Crippen molar-refractivity contribution in [2.45, 2.75) is 19.8 Å². The highest BCUT2D eigenvalue weighted by molar-refractivity contribution is 7.09. The summed E-state index contributed by atoms with van der Waals surface area (Å²) in [6.07, 6.45) is -0.0700. The van der Waals surface area contributed by atoms with Crippen LogP contribution in [-0.4, -0.2) is 50.7 Å². The van der Waals surface area contributed by atoms with E-state index in [1.165, 1.54) is 32.7 Å². The third-order valence-corrected chi connectivity index (χ3v) is 4.72. The van der Waals surface area contributed by atoms with Gasteiger partial charge in [-0.2, -0.15) is 0 Å². The molecular weight excluding hydrogens is 414 g/mol. The molecular formula is C19H23N3O7S. The number of esters is 1. The number of nitrogens with one attached hydrogen (secondary N) is 2. The Labute approximate surface area is 177 Å². The number of carbonyl (C=O) groups excluding carboxylic acids is 3. The quantitative estimate of drug-likeness (QED) is 0.439. The second-order valence-corrected chi connectivity index (χ2v) is 6.97. The number of hydrazine groups is 1. The van der Waals surface area contributed by atoms with E-state index in [9.17, 15) is 14.4 Å². The van der Waals surface area contributed by atoms with Gasteiger partial charge < -0.3 is 18.9 Å². The third kappa shape index (κ3) is 6.62. The Morgan fingerprint density at radius 1 is 0.967 bits per heavy atom. The minimum absolute atomic E-state index is 0.0414. The molecule has 0 spiro atoms. The average molecular weight is 437 g/mol. The van der Waals surface area contributed by atoms with Gasteiger partial charge in [-0.05, 0) is 24.6 Å². The number of rotatable bonds is 9. The fourth-order valence-electron chi connectivity index (χ4n) is 2.44. The summed E-state index contributed by atoms with van der Waals surface area (Å²) in [5.41, 5.74) is 5.81. The fourth-order valence-corrected chi connectivity index (χ4v) is 3.21. The zero-order valence-corrected chi connectivity index (χ0v) is 17.9. The predicted molar refractivity (Wildman–Crippen MR) is 108 cm³/mol. The van der Waals surface area contributed by atoms with Gasteiger partial charge in [0.05, 0.1) is 34.2 Å². The first-order valence-corrected chi connectivity index (χ1v) is 9.67. The molecule has 2 aromatic rings. The number of methoxy groups -OCH3 is 3. The summed E-state index contributed by atoms with van der Waals surface area (Å²) in [6, 6.07) is 3.23. The number of aromatic nitrogens is 1. The number of hydrogen-bond acceptors (Lipinski definition) is 9. The van der Waals surface area contributed by atoms with E-state index in [1.807, 2.05) is 12.3 Å². The van der Waals surface area contributed by atoms with E-state index in [-0.39, 0.29) is 12.8 Å². The zero-order valence-electron chi connectivity index (χ0n) is 17.1. The molecule has 2 rings (SSSR count). The Morgan fingerprint density at radius 2 is 1.60 bits per heavy atom. The molecule has 0 unspecified atom stereocenters. The zero-order chi connectivity index (χ0) is 22.1. The maximum atomic E-state index is 12.0. The molecule has 0 saturated heterocycles. The van der Waals surface area contributed by atoms with Gasteiger partial charge in [0.1, 0.15) is 5.01 Å². The summed E-state index contributed by atoms with van der Waals surface area (Å²) in [5.74, 6) is -0.534. The molecule has 0 radical (unpaired) electrons. The Bertz CT molecular complexity index is 888. The van der Waals surface area contributed by atoms with E-state index >= 15 is 0 Å². The second kappa shape index (κ2) is 11.0. The standard InChI is InChI=1S/C19H23N3O7S/c1-11-10-30-17(20-11)8-15(23)21-22-16(24)9-29-18(25)7-12-5-13(26-2)19(28-4)14(6-12)27-3/h5-6,10H,7-9H2,1-4H3,(H,21,23)(H,22,24). The van der Waals surface area contributed by atoms with Gasteiger partial charge in [0.15, 0.2) is 18.1 Å². The SMILES string of the molecule is COc1cc(CC(=O)OCC(=O)NNC(=O)Cc2nc(C)cs2)cc(OC)c1OC. The van der Waals surface area contributed by atoms with Crippen molar-refractivity contribution in [1.82, 2.24) is 15.8 Å². The van der Waals surface area contributed by atoms with Gasteiger partial charge in [-0.15, -0.1) is 11.3 Å². The van der Waals surface area contributed by atoms with Gasteiger partial charge in [-0.1, -0.05) is 0 Å². The van der Waals surface area contributed by atoms with Crippen molar-refractivity contribution >= 4 is 29.1 Å². The summed E-state index contributed by atoms with van der Waals surface area (Å²) in [5, 5.41) is 2.46. The Balaban J connectivity index is 1.80. The van der Waals surface area contributed by atoms with Crippen LogP contribution in [0.1, 0.15) is 16.3 Å². The number of thiazole rings is 1. The first-order chi connectivity index (χ1) is 14.4. The molecule has 0 aliphatic carbocycles. The lowest BCUT2D eigenvalue weighted by molar-refractivity contribution is -0.148. The summed E-state index contributed by atoms with van der Waals surface area (Å²) in [4.78, 5) is 39.8. The van der Waals surface area contributed by atoms with Crippen LogP contribution >= 0.6 is 11.3 Å². The molecule has 0 fully saturated rings. The van der Waals surface area contributed by atoms with Gasteiger partial charge in [-0.3, -0.25) is 25.2 Å². The number of carbonyl (C=O) groups is 3. The highest BCUT2D eigenvalue weighted by atomic mass is 32.1. The second-order valence-electron chi connectivity index (χ2n) is 6.03. The molecule has 1 aromatic carbocycles. The van der Waals surface area contributed by atoms with E-state index in [0.717, 1.165) is 5.69 Å². The van der Waals surface area contributed by atoms with Crippen LogP contribution in [0.5, 0.6) is 17.2 Å². The molecule has 162 valence electrons.